The maximum absolute atomic E-state index is 5.75. The highest BCUT2D eigenvalue weighted by Crippen LogP contribution is 2.41. The summed E-state index contributed by atoms with van der Waals surface area (Å²) in [5.41, 5.74) is 4.17. The molecule has 1 aliphatic heterocycles. The van der Waals surface area contributed by atoms with Gasteiger partial charge in [-0.1, -0.05) is 18.2 Å². The second-order valence-electron chi connectivity index (χ2n) is 6.76. The number of hydrogen-bond donors (Lipinski definition) is 1. The van der Waals surface area contributed by atoms with E-state index in [1.807, 2.05) is 37.3 Å². The third kappa shape index (κ3) is 3.06. The summed E-state index contributed by atoms with van der Waals surface area (Å²) in [6, 6.07) is 18.4. The van der Waals surface area contributed by atoms with Gasteiger partial charge in [0.2, 0.25) is 5.95 Å². The first-order valence-corrected chi connectivity index (χ1v) is 10.5. The summed E-state index contributed by atoms with van der Waals surface area (Å²) >= 11 is 1.71. The Morgan fingerprint density at radius 2 is 2.03 bits per heavy atom. The van der Waals surface area contributed by atoms with Gasteiger partial charge in [0, 0.05) is 11.6 Å². The van der Waals surface area contributed by atoms with Crippen molar-refractivity contribution in [2.75, 3.05) is 19.0 Å². The summed E-state index contributed by atoms with van der Waals surface area (Å²) in [4.78, 5) is 6.02. The highest BCUT2D eigenvalue weighted by Gasteiger charge is 2.27. The second-order valence-corrected chi connectivity index (χ2v) is 7.71. The SMILES string of the molecule is CCOc1ccc([C@H]2C=C(c3cccs3)Nc3nc4ccccc4n32)c(OC)c1. The molecule has 2 aromatic carbocycles. The Kier molecular flexibility index (Phi) is 4.48. The monoisotopic (exact) mass is 403 g/mol. The van der Waals surface area contributed by atoms with Gasteiger partial charge in [-0.25, -0.2) is 4.98 Å². The van der Waals surface area contributed by atoms with Gasteiger partial charge in [-0.15, -0.1) is 11.3 Å². The second kappa shape index (κ2) is 7.29. The minimum absolute atomic E-state index is 0.0543. The molecule has 29 heavy (non-hydrogen) atoms. The fraction of sp³-hybridized carbons (Fsp3) is 0.174. The Balaban J connectivity index is 1.71. The molecule has 1 aliphatic rings. The lowest BCUT2D eigenvalue weighted by Crippen LogP contribution is -2.19. The van der Waals surface area contributed by atoms with Crippen LogP contribution in [0.4, 0.5) is 5.95 Å². The molecule has 3 heterocycles. The number of thiophene rings is 1. The predicted molar refractivity (Wildman–Crippen MR) is 118 cm³/mol. The fourth-order valence-corrected chi connectivity index (χ4v) is 4.51. The van der Waals surface area contributed by atoms with Crippen molar-refractivity contribution in [3.05, 3.63) is 76.5 Å². The van der Waals surface area contributed by atoms with E-state index in [-0.39, 0.29) is 6.04 Å². The molecule has 2 aromatic heterocycles. The highest BCUT2D eigenvalue weighted by molar-refractivity contribution is 7.11. The van der Waals surface area contributed by atoms with Gasteiger partial charge in [-0.3, -0.25) is 4.57 Å². The lowest BCUT2D eigenvalue weighted by atomic mass is 10.0. The van der Waals surface area contributed by atoms with Gasteiger partial charge in [0.25, 0.3) is 0 Å². The van der Waals surface area contributed by atoms with Crippen molar-refractivity contribution in [1.29, 1.82) is 0 Å². The van der Waals surface area contributed by atoms with Gasteiger partial charge in [0.1, 0.15) is 11.5 Å². The summed E-state index contributed by atoms with van der Waals surface area (Å²) in [5.74, 6) is 2.44. The van der Waals surface area contributed by atoms with Gasteiger partial charge in [0.05, 0.1) is 41.4 Å². The normalized spacial score (nSPS) is 15.5. The molecule has 0 unspecified atom stereocenters. The summed E-state index contributed by atoms with van der Waals surface area (Å²) in [7, 11) is 1.70. The first-order chi connectivity index (χ1) is 14.3. The Bertz CT molecular complexity index is 1190. The van der Waals surface area contributed by atoms with E-state index < -0.39 is 0 Å². The molecule has 146 valence electrons. The van der Waals surface area contributed by atoms with E-state index in [0.29, 0.717) is 6.61 Å². The van der Waals surface area contributed by atoms with Crippen molar-refractivity contribution >= 4 is 34.0 Å². The number of nitrogens with zero attached hydrogens (tertiary/aromatic N) is 2. The quantitative estimate of drug-likeness (QED) is 0.474. The number of imidazole rings is 1. The molecule has 4 aromatic rings. The van der Waals surface area contributed by atoms with Crippen molar-refractivity contribution in [3.8, 4) is 11.5 Å². The van der Waals surface area contributed by atoms with Crippen molar-refractivity contribution in [1.82, 2.24) is 9.55 Å². The smallest absolute Gasteiger partial charge is 0.209 e. The standard InChI is InChI=1S/C23H21N3O2S/c1-3-28-15-10-11-16(21(13-15)27-2)20-14-18(22-9-6-12-29-22)25-23-24-17-7-4-5-8-19(17)26(20)23/h4-14,20H,3H2,1-2H3,(H,24,25)/t20-/m1/s1. The molecule has 0 fully saturated rings. The average molecular weight is 404 g/mol. The largest absolute Gasteiger partial charge is 0.496 e. The van der Waals surface area contributed by atoms with Crippen LogP contribution < -0.4 is 14.8 Å². The van der Waals surface area contributed by atoms with Crippen LogP contribution in [0.25, 0.3) is 16.7 Å². The first-order valence-electron chi connectivity index (χ1n) is 9.59. The van der Waals surface area contributed by atoms with Crippen molar-refractivity contribution in [3.63, 3.8) is 0 Å². The Morgan fingerprint density at radius 3 is 2.83 bits per heavy atom. The van der Waals surface area contributed by atoms with E-state index in [4.69, 9.17) is 14.5 Å². The summed E-state index contributed by atoms with van der Waals surface area (Å²) in [6.07, 6.45) is 2.24. The molecule has 1 N–H and O–H groups in total. The molecule has 0 spiro atoms. The Morgan fingerprint density at radius 1 is 1.14 bits per heavy atom. The van der Waals surface area contributed by atoms with Crippen LogP contribution in [-0.2, 0) is 0 Å². The third-order valence-electron chi connectivity index (χ3n) is 5.07. The molecule has 0 saturated carbocycles. The number of nitrogens with one attached hydrogen (secondary N) is 1. The van der Waals surface area contributed by atoms with Gasteiger partial charge in [0.15, 0.2) is 0 Å². The molecule has 0 bridgehead atoms. The minimum Gasteiger partial charge on any atom is -0.496 e. The summed E-state index contributed by atoms with van der Waals surface area (Å²) in [6.45, 7) is 2.60. The van der Waals surface area contributed by atoms with Crippen LogP contribution in [0.3, 0.4) is 0 Å². The molecule has 5 rings (SSSR count). The fourth-order valence-electron chi connectivity index (χ4n) is 3.81. The van der Waals surface area contributed by atoms with E-state index in [0.717, 1.165) is 39.7 Å². The molecular weight excluding hydrogens is 382 g/mol. The summed E-state index contributed by atoms with van der Waals surface area (Å²) in [5, 5.41) is 5.60. The molecule has 0 amide bonds. The van der Waals surface area contributed by atoms with E-state index in [2.05, 4.69) is 45.6 Å². The van der Waals surface area contributed by atoms with Crippen LogP contribution in [0.2, 0.25) is 0 Å². The van der Waals surface area contributed by atoms with Crippen LogP contribution in [0.5, 0.6) is 11.5 Å². The summed E-state index contributed by atoms with van der Waals surface area (Å²) < 4.78 is 13.7. The Labute approximate surface area is 173 Å². The van der Waals surface area contributed by atoms with Crippen LogP contribution in [0.15, 0.2) is 66.1 Å². The zero-order chi connectivity index (χ0) is 19.8. The topological polar surface area (TPSA) is 48.3 Å². The average Bonchev–Trinajstić information content (AvgIpc) is 3.41. The third-order valence-corrected chi connectivity index (χ3v) is 5.97. The van der Waals surface area contributed by atoms with Crippen molar-refractivity contribution in [2.24, 2.45) is 0 Å². The number of para-hydroxylation sites is 2. The molecule has 0 radical (unpaired) electrons. The van der Waals surface area contributed by atoms with E-state index in [1.165, 1.54) is 4.88 Å². The maximum atomic E-state index is 5.75. The van der Waals surface area contributed by atoms with E-state index >= 15 is 0 Å². The lowest BCUT2D eigenvalue weighted by Gasteiger charge is -2.27. The van der Waals surface area contributed by atoms with E-state index in [9.17, 15) is 0 Å². The van der Waals surface area contributed by atoms with Crippen LogP contribution >= 0.6 is 11.3 Å². The number of aromatic nitrogens is 2. The number of benzene rings is 2. The number of methoxy groups -OCH3 is 1. The molecular formula is C23H21N3O2S. The number of rotatable bonds is 5. The lowest BCUT2D eigenvalue weighted by molar-refractivity contribution is 0.335. The number of ether oxygens (including phenoxy) is 2. The number of anilines is 1. The number of fused-ring (bicyclic) bond motifs is 3. The predicted octanol–water partition coefficient (Wildman–Crippen LogP) is 5.56. The first kappa shape index (κ1) is 17.8. The van der Waals surface area contributed by atoms with Crippen LogP contribution in [0, 0.1) is 0 Å². The number of allylic oxidation sites excluding steroid dienone is 1. The minimum atomic E-state index is -0.0543. The van der Waals surface area contributed by atoms with Gasteiger partial charge >= 0.3 is 0 Å². The number of hydrogen-bond acceptors (Lipinski definition) is 5. The van der Waals surface area contributed by atoms with Crippen LogP contribution in [0.1, 0.15) is 23.4 Å². The van der Waals surface area contributed by atoms with Crippen molar-refractivity contribution < 1.29 is 9.47 Å². The van der Waals surface area contributed by atoms with Crippen LogP contribution in [-0.4, -0.2) is 23.3 Å². The Hall–Kier alpha value is -3.25. The van der Waals surface area contributed by atoms with Gasteiger partial charge in [-0.05, 0) is 48.7 Å². The molecule has 5 nitrogen and oxygen atoms in total. The van der Waals surface area contributed by atoms with Gasteiger partial charge < -0.3 is 14.8 Å². The highest BCUT2D eigenvalue weighted by atomic mass is 32.1. The molecule has 0 aliphatic carbocycles. The molecule has 0 saturated heterocycles. The van der Waals surface area contributed by atoms with E-state index in [1.54, 1.807) is 18.4 Å². The van der Waals surface area contributed by atoms with Crippen molar-refractivity contribution in [2.45, 2.75) is 13.0 Å². The zero-order valence-electron chi connectivity index (χ0n) is 16.3. The zero-order valence-corrected chi connectivity index (χ0v) is 17.1. The molecule has 6 heteroatoms. The maximum Gasteiger partial charge on any atom is 0.209 e. The van der Waals surface area contributed by atoms with Gasteiger partial charge in [-0.2, -0.15) is 0 Å². The molecule has 1 atom stereocenters.